The molecule has 3 aromatic rings. The van der Waals surface area contributed by atoms with Gasteiger partial charge in [0.25, 0.3) is 0 Å². The van der Waals surface area contributed by atoms with E-state index in [0.717, 1.165) is 41.5 Å². The van der Waals surface area contributed by atoms with Crippen molar-refractivity contribution in [1.29, 1.82) is 0 Å². The second-order valence-electron chi connectivity index (χ2n) is 9.29. The lowest BCUT2D eigenvalue weighted by molar-refractivity contribution is 0.190. The van der Waals surface area contributed by atoms with E-state index in [1.165, 1.54) is 11.1 Å². The standard InChI is InChI=1S/C30H36N2O4S/c1-6-35-24-13-9-23(10-14-24)31-30(37)32-16-15-22-17-28(33-4)29(34-5)18-26(22)27(32)19-36-25-11-7-21(8-12-25)20(2)3/h7-14,17-18,20,27H,6,15-16,19H2,1-5H3,(H,31,37). The monoisotopic (exact) mass is 520 g/mol. The van der Waals surface area contributed by atoms with Crippen LogP contribution in [-0.2, 0) is 6.42 Å². The fraction of sp³-hybridized carbons (Fsp3) is 0.367. The van der Waals surface area contributed by atoms with Crippen molar-refractivity contribution in [3.8, 4) is 23.0 Å². The summed E-state index contributed by atoms with van der Waals surface area (Å²) in [4.78, 5) is 2.20. The zero-order valence-corrected chi connectivity index (χ0v) is 23.1. The Balaban J connectivity index is 1.59. The van der Waals surface area contributed by atoms with E-state index >= 15 is 0 Å². The highest BCUT2D eigenvalue weighted by Gasteiger charge is 2.31. The van der Waals surface area contributed by atoms with Crippen LogP contribution in [0.4, 0.5) is 5.69 Å². The number of nitrogens with one attached hydrogen (secondary N) is 1. The Labute approximate surface area is 225 Å². The minimum Gasteiger partial charge on any atom is -0.494 e. The predicted octanol–water partition coefficient (Wildman–Crippen LogP) is 6.60. The number of rotatable bonds is 9. The third-order valence-electron chi connectivity index (χ3n) is 6.63. The summed E-state index contributed by atoms with van der Waals surface area (Å²) in [7, 11) is 3.32. The number of nitrogens with zero attached hydrogens (tertiary/aromatic N) is 1. The van der Waals surface area contributed by atoms with Gasteiger partial charge in [-0.2, -0.15) is 0 Å². The van der Waals surface area contributed by atoms with Gasteiger partial charge in [-0.1, -0.05) is 26.0 Å². The molecule has 0 saturated carbocycles. The largest absolute Gasteiger partial charge is 0.494 e. The van der Waals surface area contributed by atoms with Crippen molar-refractivity contribution in [2.75, 3.05) is 39.3 Å². The molecule has 1 aliphatic heterocycles. The van der Waals surface area contributed by atoms with Crippen molar-refractivity contribution in [3.63, 3.8) is 0 Å². The Bertz CT molecular complexity index is 1200. The van der Waals surface area contributed by atoms with Crippen molar-refractivity contribution < 1.29 is 18.9 Å². The van der Waals surface area contributed by atoms with Crippen LogP contribution in [0.1, 0.15) is 49.4 Å². The van der Waals surface area contributed by atoms with E-state index in [-0.39, 0.29) is 6.04 Å². The van der Waals surface area contributed by atoms with Crippen LogP contribution in [0.3, 0.4) is 0 Å². The summed E-state index contributed by atoms with van der Waals surface area (Å²) in [5, 5.41) is 4.05. The van der Waals surface area contributed by atoms with Gasteiger partial charge in [0.15, 0.2) is 16.6 Å². The summed E-state index contributed by atoms with van der Waals surface area (Å²) in [6.45, 7) is 8.18. The van der Waals surface area contributed by atoms with Gasteiger partial charge in [0, 0.05) is 12.2 Å². The fourth-order valence-electron chi connectivity index (χ4n) is 4.57. The van der Waals surface area contributed by atoms with Crippen LogP contribution in [0, 0.1) is 0 Å². The van der Waals surface area contributed by atoms with Crippen LogP contribution >= 0.6 is 12.2 Å². The molecule has 0 spiro atoms. The maximum absolute atomic E-state index is 6.32. The van der Waals surface area contributed by atoms with Crippen molar-refractivity contribution in [3.05, 3.63) is 77.4 Å². The van der Waals surface area contributed by atoms with Gasteiger partial charge in [-0.25, -0.2) is 0 Å². The van der Waals surface area contributed by atoms with Gasteiger partial charge in [0.1, 0.15) is 18.1 Å². The average molecular weight is 521 g/mol. The molecule has 0 aromatic heterocycles. The minimum atomic E-state index is -0.101. The lowest BCUT2D eigenvalue weighted by Gasteiger charge is -2.39. The van der Waals surface area contributed by atoms with Gasteiger partial charge in [0.05, 0.1) is 26.9 Å². The molecule has 0 fully saturated rings. The van der Waals surface area contributed by atoms with E-state index in [1.54, 1.807) is 14.2 Å². The second kappa shape index (κ2) is 12.2. The van der Waals surface area contributed by atoms with Crippen LogP contribution < -0.4 is 24.3 Å². The molecule has 0 aliphatic carbocycles. The molecule has 3 aromatic carbocycles. The molecule has 1 aliphatic rings. The quantitative estimate of drug-likeness (QED) is 0.319. The lowest BCUT2D eigenvalue weighted by Crippen LogP contribution is -2.44. The third kappa shape index (κ3) is 6.28. The zero-order valence-electron chi connectivity index (χ0n) is 22.2. The van der Waals surface area contributed by atoms with Gasteiger partial charge in [-0.05, 0) is 96.7 Å². The third-order valence-corrected chi connectivity index (χ3v) is 6.97. The number of methoxy groups -OCH3 is 2. The Morgan fingerprint density at radius 1 is 0.946 bits per heavy atom. The first-order valence-electron chi connectivity index (χ1n) is 12.7. The number of hydrogen-bond acceptors (Lipinski definition) is 5. The molecule has 7 heteroatoms. The summed E-state index contributed by atoms with van der Waals surface area (Å²) in [6, 6.07) is 20.2. The molecular weight excluding hydrogens is 484 g/mol. The predicted molar refractivity (Wildman–Crippen MR) is 153 cm³/mol. The van der Waals surface area contributed by atoms with E-state index in [4.69, 9.17) is 31.2 Å². The first-order valence-corrected chi connectivity index (χ1v) is 13.1. The van der Waals surface area contributed by atoms with Crippen LogP contribution in [0.25, 0.3) is 0 Å². The number of hydrogen-bond donors (Lipinski definition) is 1. The first kappa shape index (κ1) is 26.6. The highest BCUT2D eigenvalue weighted by atomic mass is 32.1. The molecule has 0 saturated heterocycles. The minimum absolute atomic E-state index is 0.101. The normalized spacial score (nSPS) is 14.6. The molecule has 0 amide bonds. The van der Waals surface area contributed by atoms with Crippen molar-refractivity contribution in [1.82, 2.24) is 4.90 Å². The summed E-state index contributed by atoms with van der Waals surface area (Å²) in [5.74, 6) is 3.57. The smallest absolute Gasteiger partial charge is 0.174 e. The molecule has 6 nitrogen and oxygen atoms in total. The summed E-state index contributed by atoms with van der Waals surface area (Å²) in [6.07, 6.45) is 0.834. The van der Waals surface area contributed by atoms with Gasteiger partial charge >= 0.3 is 0 Å². The zero-order chi connectivity index (χ0) is 26.4. The summed E-state index contributed by atoms with van der Waals surface area (Å²) in [5.41, 5.74) is 4.53. The Morgan fingerprint density at radius 3 is 2.19 bits per heavy atom. The molecule has 1 N–H and O–H groups in total. The Morgan fingerprint density at radius 2 is 1.57 bits per heavy atom. The molecule has 37 heavy (non-hydrogen) atoms. The lowest BCUT2D eigenvalue weighted by atomic mass is 9.92. The van der Waals surface area contributed by atoms with Crippen LogP contribution in [0.2, 0.25) is 0 Å². The Hall–Kier alpha value is -3.45. The van der Waals surface area contributed by atoms with E-state index in [1.807, 2.05) is 43.3 Å². The van der Waals surface area contributed by atoms with Crippen LogP contribution in [-0.4, -0.2) is 44.0 Å². The van der Waals surface area contributed by atoms with Gasteiger partial charge in [-0.15, -0.1) is 0 Å². The molecule has 196 valence electrons. The molecule has 4 rings (SSSR count). The highest BCUT2D eigenvalue weighted by molar-refractivity contribution is 7.80. The Kier molecular flexibility index (Phi) is 8.77. The number of ether oxygens (including phenoxy) is 4. The van der Waals surface area contributed by atoms with Gasteiger partial charge in [-0.3, -0.25) is 0 Å². The van der Waals surface area contributed by atoms with Crippen molar-refractivity contribution in [2.45, 2.75) is 39.2 Å². The topological polar surface area (TPSA) is 52.2 Å². The molecule has 0 radical (unpaired) electrons. The van der Waals surface area contributed by atoms with Crippen molar-refractivity contribution >= 4 is 23.0 Å². The molecule has 1 heterocycles. The van der Waals surface area contributed by atoms with Crippen LogP contribution in [0.5, 0.6) is 23.0 Å². The summed E-state index contributed by atoms with van der Waals surface area (Å²) >= 11 is 5.90. The first-order chi connectivity index (χ1) is 17.9. The SMILES string of the molecule is CCOc1ccc(NC(=S)N2CCc3cc(OC)c(OC)cc3C2COc2ccc(C(C)C)cc2)cc1. The number of benzene rings is 3. The van der Waals surface area contributed by atoms with Crippen molar-refractivity contribution in [2.24, 2.45) is 0 Å². The number of anilines is 1. The second-order valence-corrected chi connectivity index (χ2v) is 9.67. The number of thiocarbonyl (C=S) groups is 1. The van der Waals surface area contributed by atoms with Crippen LogP contribution in [0.15, 0.2) is 60.7 Å². The van der Waals surface area contributed by atoms with E-state index in [2.05, 4.69) is 48.3 Å². The maximum atomic E-state index is 6.32. The van der Waals surface area contributed by atoms with Gasteiger partial charge < -0.3 is 29.2 Å². The van der Waals surface area contributed by atoms with E-state index < -0.39 is 0 Å². The summed E-state index contributed by atoms with van der Waals surface area (Å²) < 4.78 is 23.1. The molecule has 1 unspecified atom stereocenters. The molecule has 1 atom stereocenters. The molecule has 0 bridgehead atoms. The molecular formula is C30H36N2O4S. The van der Waals surface area contributed by atoms with E-state index in [0.29, 0.717) is 30.0 Å². The average Bonchev–Trinajstić information content (AvgIpc) is 2.92. The van der Waals surface area contributed by atoms with Gasteiger partial charge in [0.2, 0.25) is 0 Å². The van der Waals surface area contributed by atoms with E-state index in [9.17, 15) is 0 Å². The fourth-order valence-corrected chi connectivity index (χ4v) is 4.91. The maximum Gasteiger partial charge on any atom is 0.174 e. The highest BCUT2D eigenvalue weighted by Crippen LogP contribution is 2.39. The number of fused-ring (bicyclic) bond motifs is 1.